The third kappa shape index (κ3) is 2.40. The Labute approximate surface area is 154 Å². The Balaban J connectivity index is 1.97. The molecule has 1 aromatic heterocycles. The molecule has 26 heavy (non-hydrogen) atoms. The van der Waals surface area contributed by atoms with Crippen LogP contribution < -0.4 is 10.1 Å². The highest BCUT2D eigenvalue weighted by atomic mass is 16.5. The smallest absolute Gasteiger partial charge is 0.128 e. The Kier molecular flexibility index (Phi) is 3.77. The zero-order valence-corrected chi connectivity index (χ0v) is 16.0. The lowest BCUT2D eigenvalue weighted by atomic mass is 9.77. The fourth-order valence-corrected chi connectivity index (χ4v) is 4.25. The molecule has 4 heteroatoms. The highest BCUT2D eigenvalue weighted by Crippen LogP contribution is 2.45. The zero-order valence-electron chi connectivity index (χ0n) is 16.0. The molecule has 2 aromatic carbocycles. The van der Waals surface area contributed by atoms with Crippen LogP contribution in [0.5, 0.6) is 5.75 Å². The van der Waals surface area contributed by atoms with Crippen molar-refractivity contribution in [2.45, 2.75) is 45.3 Å². The predicted octanol–water partition coefficient (Wildman–Crippen LogP) is 4.82. The molecule has 0 fully saturated rings. The van der Waals surface area contributed by atoms with E-state index in [0.717, 1.165) is 39.0 Å². The molecule has 1 aliphatic heterocycles. The van der Waals surface area contributed by atoms with Gasteiger partial charge < -0.3 is 20.1 Å². The molecule has 0 radical (unpaired) electrons. The molecule has 2 atom stereocenters. The summed E-state index contributed by atoms with van der Waals surface area (Å²) < 4.78 is 5.66. The molecule has 0 bridgehead atoms. The minimum atomic E-state index is -0.451. The summed E-state index contributed by atoms with van der Waals surface area (Å²) in [6.07, 6.45) is 1.50. The van der Waals surface area contributed by atoms with Crippen LogP contribution in [-0.2, 0) is 0 Å². The molecule has 3 aromatic rings. The second kappa shape index (κ2) is 5.78. The van der Waals surface area contributed by atoms with Gasteiger partial charge in [0.2, 0.25) is 0 Å². The van der Waals surface area contributed by atoms with E-state index in [0.29, 0.717) is 0 Å². The molecule has 0 saturated heterocycles. The minimum absolute atomic E-state index is 0.0498. The first kappa shape index (κ1) is 17.0. The van der Waals surface area contributed by atoms with Gasteiger partial charge in [-0.1, -0.05) is 6.92 Å². The lowest BCUT2D eigenvalue weighted by Crippen LogP contribution is -2.50. The van der Waals surface area contributed by atoms with Crippen molar-refractivity contribution in [3.8, 4) is 16.9 Å². The third-order valence-corrected chi connectivity index (χ3v) is 5.72. The maximum atomic E-state index is 10.8. The number of hydrogen-bond acceptors (Lipinski definition) is 3. The number of fused-ring (bicyclic) bond motifs is 2. The Bertz CT molecular complexity index is 987. The maximum absolute atomic E-state index is 10.8. The van der Waals surface area contributed by atoms with Crippen LogP contribution in [0.4, 0.5) is 5.69 Å². The monoisotopic (exact) mass is 350 g/mol. The normalized spacial score (nSPS) is 21.3. The van der Waals surface area contributed by atoms with Crippen LogP contribution in [0.25, 0.3) is 22.0 Å². The number of aliphatic hydroxyl groups excluding tert-OH is 1. The average molecular weight is 350 g/mol. The van der Waals surface area contributed by atoms with Crippen molar-refractivity contribution in [2.75, 3.05) is 12.4 Å². The Morgan fingerprint density at radius 2 is 1.92 bits per heavy atom. The van der Waals surface area contributed by atoms with Gasteiger partial charge in [-0.05, 0) is 67.8 Å². The minimum Gasteiger partial charge on any atom is -0.496 e. The summed E-state index contributed by atoms with van der Waals surface area (Å²) in [6.45, 7) is 8.32. The Morgan fingerprint density at radius 3 is 2.65 bits per heavy atom. The Hall–Kier alpha value is -2.46. The highest BCUT2D eigenvalue weighted by Gasteiger charge is 2.39. The van der Waals surface area contributed by atoms with Crippen LogP contribution in [0.2, 0.25) is 0 Å². The van der Waals surface area contributed by atoms with E-state index in [-0.39, 0.29) is 11.5 Å². The molecular weight excluding hydrogens is 324 g/mol. The number of methoxy groups -OCH3 is 1. The number of ether oxygens (including phenoxy) is 1. The number of anilines is 1. The van der Waals surface area contributed by atoms with Gasteiger partial charge in [-0.2, -0.15) is 0 Å². The summed E-state index contributed by atoms with van der Waals surface area (Å²) in [5, 5.41) is 15.4. The van der Waals surface area contributed by atoms with E-state index in [1.165, 1.54) is 5.56 Å². The van der Waals surface area contributed by atoms with Crippen LogP contribution in [-0.4, -0.2) is 28.8 Å². The summed E-state index contributed by atoms with van der Waals surface area (Å²) >= 11 is 0. The van der Waals surface area contributed by atoms with E-state index in [2.05, 4.69) is 48.4 Å². The van der Waals surface area contributed by atoms with Crippen molar-refractivity contribution in [1.82, 2.24) is 4.98 Å². The molecule has 0 saturated carbocycles. The Morgan fingerprint density at radius 1 is 1.15 bits per heavy atom. The van der Waals surface area contributed by atoms with Gasteiger partial charge >= 0.3 is 0 Å². The van der Waals surface area contributed by atoms with Gasteiger partial charge in [0, 0.05) is 28.8 Å². The van der Waals surface area contributed by atoms with Crippen molar-refractivity contribution in [3.05, 3.63) is 47.7 Å². The molecule has 4 nitrogen and oxygen atoms in total. The average Bonchev–Trinajstić information content (AvgIpc) is 3.08. The molecule has 1 aliphatic rings. The van der Waals surface area contributed by atoms with Crippen molar-refractivity contribution < 1.29 is 9.84 Å². The van der Waals surface area contributed by atoms with Gasteiger partial charge in [0.1, 0.15) is 5.75 Å². The van der Waals surface area contributed by atoms with Gasteiger partial charge in [-0.3, -0.25) is 0 Å². The van der Waals surface area contributed by atoms with Gasteiger partial charge in [0.05, 0.1) is 24.3 Å². The number of benzene rings is 2. The van der Waals surface area contributed by atoms with Gasteiger partial charge in [-0.15, -0.1) is 0 Å². The lowest BCUT2D eigenvalue weighted by Gasteiger charge is -2.43. The predicted molar refractivity (Wildman–Crippen MR) is 107 cm³/mol. The van der Waals surface area contributed by atoms with Gasteiger partial charge in [0.15, 0.2) is 0 Å². The summed E-state index contributed by atoms with van der Waals surface area (Å²) in [5.74, 6) is 0.894. The number of H-pyrrole nitrogens is 1. The van der Waals surface area contributed by atoms with E-state index >= 15 is 0 Å². The summed E-state index contributed by atoms with van der Waals surface area (Å²) in [7, 11) is 1.70. The van der Waals surface area contributed by atoms with Crippen LogP contribution >= 0.6 is 0 Å². The molecule has 4 rings (SSSR count). The number of hydrogen-bond donors (Lipinski definition) is 3. The van der Waals surface area contributed by atoms with Crippen LogP contribution in [0, 0.1) is 6.92 Å². The van der Waals surface area contributed by atoms with E-state index in [1.807, 2.05) is 26.1 Å². The second-order valence-corrected chi connectivity index (χ2v) is 7.92. The van der Waals surface area contributed by atoms with Gasteiger partial charge in [0.25, 0.3) is 0 Å². The first-order valence-corrected chi connectivity index (χ1v) is 9.08. The maximum Gasteiger partial charge on any atom is 0.128 e. The summed E-state index contributed by atoms with van der Waals surface area (Å²) in [5.41, 5.74) is 6.34. The molecule has 0 unspecified atom stereocenters. The molecule has 3 N–H and O–H groups in total. The number of aliphatic hydroxyl groups is 1. The van der Waals surface area contributed by atoms with E-state index < -0.39 is 6.10 Å². The van der Waals surface area contributed by atoms with Crippen molar-refractivity contribution in [1.29, 1.82) is 0 Å². The second-order valence-electron chi connectivity index (χ2n) is 7.92. The van der Waals surface area contributed by atoms with E-state index in [9.17, 15) is 5.11 Å². The molecular formula is C22H26N2O2. The molecule has 2 heterocycles. The lowest BCUT2D eigenvalue weighted by molar-refractivity contribution is 0.0869. The van der Waals surface area contributed by atoms with Crippen LogP contribution in [0.3, 0.4) is 0 Å². The molecule has 0 spiro atoms. The first-order valence-electron chi connectivity index (χ1n) is 9.08. The SMILES string of the molecule is COc1ccc2cc[nH]c2c1-c1cc(C)c2c(c1)[C@@H](C)[C@H](O)C(C)(C)N2. The number of aromatic nitrogens is 1. The number of aromatic amines is 1. The summed E-state index contributed by atoms with van der Waals surface area (Å²) in [4.78, 5) is 3.35. The van der Waals surface area contributed by atoms with Crippen molar-refractivity contribution in [3.63, 3.8) is 0 Å². The van der Waals surface area contributed by atoms with Crippen molar-refractivity contribution >= 4 is 16.6 Å². The molecule has 136 valence electrons. The third-order valence-electron chi connectivity index (χ3n) is 5.72. The fourth-order valence-electron chi connectivity index (χ4n) is 4.25. The highest BCUT2D eigenvalue weighted by molar-refractivity contribution is 5.98. The van der Waals surface area contributed by atoms with Crippen LogP contribution in [0.1, 0.15) is 37.8 Å². The largest absolute Gasteiger partial charge is 0.496 e. The van der Waals surface area contributed by atoms with E-state index in [4.69, 9.17) is 4.74 Å². The number of rotatable bonds is 2. The van der Waals surface area contributed by atoms with E-state index in [1.54, 1.807) is 7.11 Å². The standard InChI is InChI=1S/C22H26N2O2/c1-12-10-15(11-16-13(2)21(25)22(3,4)24-19(12)16)18-17(26-5)7-6-14-8-9-23-20(14)18/h6-11,13,21,23-25H,1-5H3/t13-,21+/m1/s1. The number of nitrogens with one attached hydrogen (secondary N) is 2. The molecule has 0 amide bonds. The fraction of sp³-hybridized carbons (Fsp3) is 0.364. The topological polar surface area (TPSA) is 57.3 Å². The van der Waals surface area contributed by atoms with Gasteiger partial charge in [-0.25, -0.2) is 0 Å². The quantitative estimate of drug-likeness (QED) is 0.621. The summed E-state index contributed by atoms with van der Waals surface area (Å²) in [6, 6.07) is 10.5. The first-order chi connectivity index (χ1) is 12.3. The molecule has 0 aliphatic carbocycles. The zero-order chi connectivity index (χ0) is 18.6. The number of aryl methyl sites for hydroxylation is 1. The van der Waals surface area contributed by atoms with Crippen molar-refractivity contribution in [2.24, 2.45) is 0 Å². The van der Waals surface area contributed by atoms with Crippen LogP contribution in [0.15, 0.2) is 36.5 Å².